The zero-order valence-electron chi connectivity index (χ0n) is 17.4. The van der Waals surface area contributed by atoms with Gasteiger partial charge in [0.05, 0.1) is 41.5 Å². The summed E-state index contributed by atoms with van der Waals surface area (Å²) in [5.74, 6) is 0.00747. The van der Waals surface area contributed by atoms with Crippen LogP contribution in [0, 0.1) is 10.6 Å². The predicted molar refractivity (Wildman–Crippen MR) is 127 cm³/mol. The van der Waals surface area contributed by atoms with E-state index >= 15 is 0 Å². The molecule has 0 saturated carbocycles. The lowest BCUT2D eigenvalue weighted by Crippen LogP contribution is -2.21. The highest BCUT2D eigenvalue weighted by Crippen LogP contribution is 2.29. The van der Waals surface area contributed by atoms with Gasteiger partial charge in [-0.1, -0.05) is 11.6 Å². The summed E-state index contributed by atoms with van der Waals surface area (Å²) < 4.78 is 25.3. The Hall–Kier alpha value is -3.69. The molecule has 4 rings (SSSR count). The lowest BCUT2D eigenvalue weighted by Gasteiger charge is -2.12. The van der Waals surface area contributed by atoms with E-state index in [0.29, 0.717) is 39.3 Å². The molecule has 1 aromatic heterocycles. The third-order valence-corrected chi connectivity index (χ3v) is 5.55. The molecule has 1 heterocycles. The molecular weight excluding hydrogens is 469 g/mol. The second-order valence-corrected chi connectivity index (χ2v) is 7.74. The average molecular weight is 486 g/mol. The van der Waals surface area contributed by atoms with Crippen molar-refractivity contribution in [2.24, 2.45) is 0 Å². The molecule has 2 N–H and O–H groups in total. The van der Waals surface area contributed by atoms with E-state index < -0.39 is 17.3 Å². The van der Waals surface area contributed by atoms with Crippen LogP contribution < -0.4 is 20.3 Å². The number of aromatic nitrogens is 2. The number of benzene rings is 3. The van der Waals surface area contributed by atoms with Gasteiger partial charge in [0.1, 0.15) is 17.3 Å². The average Bonchev–Trinajstić information content (AvgIpc) is 2.81. The number of halogens is 2. The lowest BCUT2D eigenvalue weighted by atomic mass is 10.1. The van der Waals surface area contributed by atoms with Crippen LogP contribution in [0.2, 0.25) is 5.02 Å². The fourth-order valence-electron chi connectivity index (χ4n) is 3.31. The van der Waals surface area contributed by atoms with Crippen LogP contribution in [0.15, 0.2) is 59.4 Å². The summed E-state index contributed by atoms with van der Waals surface area (Å²) in [6.45, 7) is 0. The number of fused-ring (bicyclic) bond motifs is 1. The summed E-state index contributed by atoms with van der Waals surface area (Å²) in [7, 11) is 3.02. The molecule has 1 amide bonds. The number of hydrogen-bond acceptors (Lipinski definition) is 5. The van der Waals surface area contributed by atoms with Crippen molar-refractivity contribution in [3.05, 3.63) is 86.1 Å². The first-order chi connectivity index (χ1) is 15.8. The number of carbonyl (C=O) groups excluding carboxylic acids is 1. The molecule has 0 unspecified atom stereocenters. The Balaban J connectivity index is 1.72. The van der Waals surface area contributed by atoms with Gasteiger partial charge in [0, 0.05) is 11.6 Å². The Kier molecular flexibility index (Phi) is 6.17. The van der Waals surface area contributed by atoms with Crippen molar-refractivity contribution in [1.29, 1.82) is 0 Å². The Morgan fingerprint density at radius 2 is 1.88 bits per heavy atom. The predicted octanol–water partition coefficient (Wildman–Crippen LogP) is 5.11. The van der Waals surface area contributed by atoms with Gasteiger partial charge in [-0.15, -0.1) is 0 Å². The zero-order chi connectivity index (χ0) is 23.7. The molecule has 4 aromatic rings. The van der Waals surface area contributed by atoms with Crippen LogP contribution in [0.5, 0.6) is 11.5 Å². The van der Waals surface area contributed by atoms with Gasteiger partial charge < -0.3 is 19.8 Å². The summed E-state index contributed by atoms with van der Waals surface area (Å²) in [5.41, 5.74) is 1.03. The van der Waals surface area contributed by atoms with Crippen LogP contribution >= 0.6 is 23.8 Å². The van der Waals surface area contributed by atoms with Crippen molar-refractivity contribution in [1.82, 2.24) is 9.55 Å². The summed E-state index contributed by atoms with van der Waals surface area (Å²) in [5, 5.41) is 2.94. The van der Waals surface area contributed by atoms with Gasteiger partial charge in [-0.3, -0.25) is 14.2 Å². The van der Waals surface area contributed by atoms with Crippen LogP contribution in [0.3, 0.4) is 0 Å². The SMILES string of the molecule is COc1ccc(NC(=O)c2ccc3c(=O)n(-c4ccc(F)c(Cl)c4)c(=S)[nH]c3c2)c(OC)c1. The molecule has 0 aliphatic carbocycles. The number of carbonyl (C=O) groups is 1. The van der Waals surface area contributed by atoms with Gasteiger partial charge in [-0.25, -0.2) is 4.39 Å². The zero-order valence-corrected chi connectivity index (χ0v) is 19.0. The number of nitrogens with zero attached hydrogens (tertiary/aromatic N) is 1. The lowest BCUT2D eigenvalue weighted by molar-refractivity contribution is 0.102. The number of anilines is 1. The highest BCUT2D eigenvalue weighted by molar-refractivity contribution is 7.71. The van der Waals surface area contributed by atoms with Crippen molar-refractivity contribution in [2.75, 3.05) is 19.5 Å². The van der Waals surface area contributed by atoms with Crippen LogP contribution in [0.25, 0.3) is 16.6 Å². The number of aromatic amines is 1. The van der Waals surface area contributed by atoms with Crippen LogP contribution in [0.4, 0.5) is 10.1 Å². The minimum atomic E-state index is -0.603. The van der Waals surface area contributed by atoms with Gasteiger partial charge >= 0.3 is 0 Å². The molecule has 0 aliphatic rings. The van der Waals surface area contributed by atoms with Crippen molar-refractivity contribution < 1.29 is 18.7 Å². The van der Waals surface area contributed by atoms with Gasteiger partial charge in [0.25, 0.3) is 11.5 Å². The second kappa shape index (κ2) is 9.05. The normalized spacial score (nSPS) is 10.8. The first-order valence-corrected chi connectivity index (χ1v) is 10.4. The van der Waals surface area contributed by atoms with Crippen molar-refractivity contribution in [2.45, 2.75) is 0 Å². The topological polar surface area (TPSA) is 85.4 Å². The maximum absolute atomic E-state index is 13.5. The van der Waals surface area contributed by atoms with Gasteiger partial charge in [-0.2, -0.15) is 0 Å². The third kappa shape index (κ3) is 4.33. The molecule has 0 spiro atoms. The summed E-state index contributed by atoms with van der Waals surface area (Å²) in [4.78, 5) is 28.9. The number of rotatable bonds is 5. The van der Waals surface area contributed by atoms with E-state index in [-0.39, 0.29) is 9.79 Å². The fourth-order valence-corrected chi connectivity index (χ4v) is 3.79. The second-order valence-electron chi connectivity index (χ2n) is 6.95. The fraction of sp³-hybridized carbons (Fsp3) is 0.0870. The molecule has 3 aromatic carbocycles. The van der Waals surface area contributed by atoms with Crippen molar-refractivity contribution >= 4 is 46.3 Å². The molecule has 168 valence electrons. The first kappa shape index (κ1) is 22.5. The largest absolute Gasteiger partial charge is 0.497 e. The van der Waals surface area contributed by atoms with Crippen LogP contribution in [-0.4, -0.2) is 29.7 Å². The van der Waals surface area contributed by atoms with E-state index in [1.165, 1.54) is 49.1 Å². The number of nitrogens with one attached hydrogen (secondary N) is 2. The molecule has 33 heavy (non-hydrogen) atoms. The van der Waals surface area contributed by atoms with Gasteiger partial charge in [0.2, 0.25) is 0 Å². The number of hydrogen-bond donors (Lipinski definition) is 2. The van der Waals surface area contributed by atoms with Gasteiger partial charge in [0.15, 0.2) is 4.77 Å². The van der Waals surface area contributed by atoms with E-state index in [1.807, 2.05) is 0 Å². The Morgan fingerprint density at radius 3 is 2.58 bits per heavy atom. The number of methoxy groups -OCH3 is 2. The number of amides is 1. The van der Waals surface area contributed by atoms with E-state index in [4.69, 9.17) is 33.3 Å². The molecule has 0 radical (unpaired) electrons. The molecule has 0 bridgehead atoms. The van der Waals surface area contributed by atoms with E-state index in [9.17, 15) is 14.0 Å². The molecule has 0 fully saturated rings. The Bertz CT molecular complexity index is 1520. The Labute approximate surface area is 197 Å². The first-order valence-electron chi connectivity index (χ1n) is 9.60. The molecule has 7 nitrogen and oxygen atoms in total. The van der Waals surface area contributed by atoms with E-state index in [1.54, 1.807) is 18.2 Å². The molecule has 0 saturated heterocycles. The summed E-state index contributed by atoms with van der Waals surface area (Å²) in [6.07, 6.45) is 0. The minimum Gasteiger partial charge on any atom is -0.497 e. The highest BCUT2D eigenvalue weighted by Gasteiger charge is 2.14. The Morgan fingerprint density at radius 1 is 1.09 bits per heavy atom. The quantitative estimate of drug-likeness (QED) is 0.384. The third-order valence-electron chi connectivity index (χ3n) is 4.98. The van der Waals surface area contributed by atoms with Crippen LogP contribution in [-0.2, 0) is 0 Å². The maximum Gasteiger partial charge on any atom is 0.266 e. The molecule has 10 heteroatoms. The van der Waals surface area contributed by atoms with Crippen molar-refractivity contribution in [3.63, 3.8) is 0 Å². The monoisotopic (exact) mass is 485 g/mol. The number of H-pyrrole nitrogens is 1. The molecular formula is C23H17ClFN3O4S. The summed E-state index contributed by atoms with van der Waals surface area (Å²) in [6, 6.07) is 13.5. The standard InChI is InChI=1S/C23H17ClFN3O4S/c1-31-14-5-8-18(20(11-14)32-2)26-21(29)12-3-6-15-19(9-12)27-23(33)28(22(15)30)13-4-7-17(25)16(24)10-13/h3-11H,1-2H3,(H,26,29)(H,27,33). The highest BCUT2D eigenvalue weighted by atomic mass is 35.5. The van der Waals surface area contributed by atoms with E-state index in [2.05, 4.69) is 10.3 Å². The molecule has 0 atom stereocenters. The van der Waals surface area contributed by atoms with Crippen molar-refractivity contribution in [3.8, 4) is 17.2 Å². The number of ether oxygens (including phenoxy) is 2. The van der Waals surface area contributed by atoms with E-state index in [0.717, 1.165) is 6.07 Å². The molecule has 0 aliphatic heterocycles. The smallest absolute Gasteiger partial charge is 0.266 e. The van der Waals surface area contributed by atoms with Crippen LogP contribution in [0.1, 0.15) is 10.4 Å². The maximum atomic E-state index is 13.5. The summed E-state index contributed by atoms with van der Waals surface area (Å²) >= 11 is 11.2. The van der Waals surface area contributed by atoms with Gasteiger partial charge in [-0.05, 0) is 60.7 Å². The minimum absolute atomic E-state index is 0.0737.